The summed E-state index contributed by atoms with van der Waals surface area (Å²) in [7, 11) is 0. The van der Waals surface area contributed by atoms with Gasteiger partial charge >= 0.3 is 5.97 Å². The number of nitrogens with two attached hydrogens (primary N) is 1. The van der Waals surface area contributed by atoms with Crippen LogP contribution in [0.25, 0.3) is 0 Å². The van der Waals surface area contributed by atoms with E-state index in [0.29, 0.717) is 5.69 Å². The number of amides is 1. The number of carboxylic acid groups (broad SMARTS) is 1. The van der Waals surface area contributed by atoms with E-state index in [4.69, 9.17) is 10.8 Å². The molecule has 5 nitrogen and oxygen atoms in total. The van der Waals surface area contributed by atoms with Gasteiger partial charge in [0.25, 0.3) is 0 Å². The molecular weight excluding hydrogens is 359 g/mol. The zero-order valence-electron chi connectivity index (χ0n) is 10.2. The standard InChI is InChI=1S/C13H15IN2O3/c14-7-4-5-11(9(6-7)13(18)19)16-12(17)8-2-1-3-10(8)15/h4-6,8,10H,1-3,15H2,(H,16,17)(H,18,19). The Kier molecular flexibility index (Phi) is 4.41. The van der Waals surface area contributed by atoms with Gasteiger partial charge < -0.3 is 16.2 Å². The van der Waals surface area contributed by atoms with E-state index in [1.165, 1.54) is 6.07 Å². The van der Waals surface area contributed by atoms with Crippen LogP contribution in [0.4, 0.5) is 5.69 Å². The Labute approximate surface area is 124 Å². The van der Waals surface area contributed by atoms with Gasteiger partial charge in [0, 0.05) is 9.61 Å². The fraction of sp³-hybridized carbons (Fsp3) is 0.385. The van der Waals surface area contributed by atoms with Gasteiger partial charge in [0.05, 0.1) is 17.2 Å². The topological polar surface area (TPSA) is 92.4 Å². The van der Waals surface area contributed by atoms with Crippen molar-refractivity contribution in [1.29, 1.82) is 0 Å². The highest BCUT2D eigenvalue weighted by Crippen LogP contribution is 2.26. The average molecular weight is 374 g/mol. The summed E-state index contributed by atoms with van der Waals surface area (Å²) in [6.07, 6.45) is 2.55. The van der Waals surface area contributed by atoms with Gasteiger partial charge in [0.1, 0.15) is 0 Å². The highest BCUT2D eigenvalue weighted by Gasteiger charge is 2.30. The van der Waals surface area contributed by atoms with Crippen molar-refractivity contribution in [3.8, 4) is 0 Å². The van der Waals surface area contributed by atoms with Gasteiger partial charge in [0.2, 0.25) is 5.91 Å². The largest absolute Gasteiger partial charge is 0.478 e. The molecule has 2 unspecified atom stereocenters. The number of aromatic carboxylic acids is 1. The third-order valence-corrected chi connectivity index (χ3v) is 4.05. The number of carboxylic acids is 1. The molecule has 1 amide bonds. The Bertz CT molecular complexity index is 519. The average Bonchev–Trinajstić information content (AvgIpc) is 2.77. The van der Waals surface area contributed by atoms with Crippen molar-refractivity contribution in [2.24, 2.45) is 11.7 Å². The fourth-order valence-electron chi connectivity index (χ4n) is 2.34. The number of carbonyl (C=O) groups is 2. The highest BCUT2D eigenvalue weighted by atomic mass is 127. The Balaban J connectivity index is 2.19. The number of rotatable bonds is 3. The minimum atomic E-state index is -1.05. The molecule has 19 heavy (non-hydrogen) atoms. The van der Waals surface area contributed by atoms with E-state index in [2.05, 4.69) is 5.32 Å². The van der Waals surface area contributed by atoms with Crippen LogP contribution in [0.15, 0.2) is 18.2 Å². The molecule has 0 aromatic heterocycles. The summed E-state index contributed by atoms with van der Waals surface area (Å²) in [6.45, 7) is 0. The lowest BCUT2D eigenvalue weighted by Crippen LogP contribution is -2.34. The lowest BCUT2D eigenvalue weighted by molar-refractivity contribution is -0.120. The second-order valence-corrected chi connectivity index (χ2v) is 5.93. The van der Waals surface area contributed by atoms with E-state index in [1.54, 1.807) is 12.1 Å². The first-order chi connectivity index (χ1) is 8.99. The molecule has 0 bridgehead atoms. The van der Waals surface area contributed by atoms with Crippen molar-refractivity contribution < 1.29 is 14.7 Å². The van der Waals surface area contributed by atoms with Crippen LogP contribution in [0.2, 0.25) is 0 Å². The molecular formula is C13H15IN2O3. The quantitative estimate of drug-likeness (QED) is 0.707. The van der Waals surface area contributed by atoms with E-state index in [1.807, 2.05) is 22.6 Å². The number of hydrogen-bond donors (Lipinski definition) is 3. The van der Waals surface area contributed by atoms with Crippen LogP contribution >= 0.6 is 22.6 Å². The first kappa shape index (κ1) is 14.3. The maximum atomic E-state index is 12.1. The molecule has 0 spiro atoms. The number of anilines is 1. The second-order valence-electron chi connectivity index (χ2n) is 4.69. The van der Waals surface area contributed by atoms with Crippen molar-refractivity contribution in [3.63, 3.8) is 0 Å². The molecule has 0 radical (unpaired) electrons. The number of halogens is 1. The van der Waals surface area contributed by atoms with Crippen molar-refractivity contribution in [1.82, 2.24) is 0 Å². The zero-order chi connectivity index (χ0) is 14.0. The number of nitrogens with one attached hydrogen (secondary N) is 1. The third-order valence-electron chi connectivity index (χ3n) is 3.38. The number of carbonyl (C=O) groups excluding carboxylic acids is 1. The van der Waals surface area contributed by atoms with Gasteiger partial charge in [-0.2, -0.15) is 0 Å². The van der Waals surface area contributed by atoms with Crippen LogP contribution in [0.5, 0.6) is 0 Å². The predicted molar refractivity (Wildman–Crippen MR) is 80.1 cm³/mol. The monoisotopic (exact) mass is 374 g/mol. The molecule has 0 aliphatic heterocycles. The van der Waals surface area contributed by atoms with Crippen molar-refractivity contribution in [3.05, 3.63) is 27.3 Å². The first-order valence-electron chi connectivity index (χ1n) is 6.08. The fourth-order valence-corrected chi connectivity index (χ4v) is 2.83. The summed E-state index contributed by atoms with van der Waals surface area (Å²) < 4.78 is 0.811. The first-order valence-corrected chi connectivity index (χ1v) is 7.16. The Morgan fingerprint density at radius 3 is 2.68 bits per heavy atom. The lowest BCUT2D eigenvalue weighted by atomic mass is 10.0. The van der Waals surface area contributed by atoms with Gasteiger partial charge in [-0.1, -0.05) is 6.42 Å². The maximum Gasteiger partial charge on any atom is 0.337 e. The summed E-state index contributed by atoms with van der Waals surface area (Å²) in [6, 6.07) is 4.78. The van der Waals surface area contributed by atoms with Crippen LogP contribution in [0.3, 0.4) is 0 Å². The Morgan fingerprint density at radius 2 is 2.11 bits per heavy atom. The van der Waals surface area contributed by atoms with Crippen molar-refractivity contribution in [2.45, 2.75) is 25.3 Å². The van der Waals surface area contributed by atoms with Gasteiger partial charge in [0.15, 0.2) is 0 Å². The minimum absolute atomic E-state index is 0.104. The summed E-state index contributed by atoms with van der Waals surface area (Å²) in [5.41, 5.74) is 6.31. The molecule has 1 saturated carbocycles. The van der Waals surface area contributed by atoms with Crippen LogP contribution < -0.4 is 11.1 Å². The smallest absolute Gasteiger partial charge is 0.337 e. The van der Waals surface area contributed by atoms with Gasteiger partial charge in [-0.3, -0.25) is 4.79 Å². The molecule has 1 aromatic rings. The third kappa shape index (κ3) is 3.24. The van der Waals surface area contributed by atoms with Gasteiger partial charge in [-0.05, 0) is 53.6 Å². The number of hydrogen-bond acceptors (Lipinski definition) is 3. The second kappa shape index (κ2) is 5.87. The molecule has 1 aliphatic rings. The van der Waals surface area contributed by atoms with E-state index < -0.39 is 5.97 Å². The summed E-state index contributed by atoms with van der Waals surface area (Å²) >= 11 is 2.03. The van der Waals surface area contributed by atoms with Gasteiger partial charge in [-0.25, -0.2) is 4.79 Å². The summed E-state index contributed by atoms with van der Waals surface area (Å²) in [4.78, 5) is 23.3. The zero-order valence-corrected chi connectivity index (χ0v) is 12.4. The highest BCUT2D eigenvalue weighted by molar-refractivity contribution is 14.1. The van der Waals surface area contributed by atoms with Crippen molar-refractivity contribution in [2.75, 3.05) is 5.32 Å². The van der Waals surface area contributed by atoms with E-state index >= 15 is 0 Å². The maximum absolute atomic E-state index is 12.1. The van der Waals surface area contributed by atoms with Gasteiger partial charge in [-0.15, -0.1) is 0 Å². The SMILES string of the molecule is NC1CCCC1C(=O)Nc1ccc(I)cc1C(=O)O. The summed E-state index contributed by atoms with van der Waals surface area (Å²) in [5.74, 6) is -1.46. The minimum Gasteiger partial charge on any atom is -0.478 e. The molecule has 1 aromatic carbocycles. The molecule has 102 valence electrons. The van der Waals surface area contributed by atoms with Crippen LogP contribution in [0, 0.1) is 9.49 Å². The Hall–Kier alpha value is -1.15. The lowest BCUT2D eigenvalue weighted by Gasteiger charge is -2.16. The Morgan fingerprint density at radius 1 is 1.37 bits per heavy atom. The molecule has 2 atom stereocenters. The molecule has 2 rings (SSSR count). The summed E-state index contributed by atoms with van der Waals surface area (Å²) in [5, 5.41) is 11.8. The predicted octanol–water partition coefficient (Wildman–Crippen LogP) is 2.06. The van der Waals surface area contributed by atoms with Crippen LogP contribution in [-0.4, -0.2) is 23.0 Å². The van der Waals surface area contributed by atoms with Crippen molar-refractivity contribution >= 4 is 40.2 Å². The van der Waals surface area contributed by atoms with E-state index in [-0.39, 0.29) is 23.4 Å². The van der Waals surface area contributed by atoms with Crippen LogP contribution in [0.1, 0.15) is 29.6 Å². The molecule has 4 N–H and O–H groups in total. The molecule has 0 saturated heterocycles. The molecule has 6 heteroatoms. The van der Waals surface area contributed by atoms with E-state index in [9.17, 15) is 9.59 Å². The van der Waals surface area contributed by atoms with E-state index in [0.717, 1.165) is 22.8 Å². The molecule has 0 heterocycles. The molecule has 1 fully saturated rings. The number of benzene rings is 1. The van der Waals surface area contributed by atoms with Crippen LogP contribution in [-0.2, 0) is 4.79 Å². The normalized spacial score (nSPS) is 22.2. The molecule has 1 aliphatic carbocycles.